The minimum absolute atomic E-state index is 0.0124. The average molecular weight is 347 g/mol. The molecule has 0 saturated carbocycles. The van der Waals surface area contributed by atoms with Crippen LogP contribution in [-0.4, -0.2) is 21.1 Å². The van der Waals surface area contributed by atoms with Gasteiger partial charge in [0.1, 0.15) is 5.82 Å². The molecule has 0 saturated heterocycles. The van der Waals surface area contributed by atoms with E-state index >= 15 is 0 Å². The van der Waals surface area contributed by atoms with Gasteiger partial charge in [-0.2, -0.15) is 5.10 Å². The second-order valence-corrected chi connectivity index (χ2v) is 5.13. The lowest BCUT2D eigenvalue weighted by atomic mass is 10.2. The normalized spacial score (nSPS) is 10.7. The summed E-state index contributed by atoms with van der Waals surface area (Å²) in [4.78, 5) is 15.9. The Morgan fingerprint density at radius 3 is 2.52 bits per heavy atom. The number of nitrogen functional groups attached to an aromatic ring is 1. The van der Waals surface area contributed by atoms with Crippen LogP contribution in [0.2, 0.25) is 0 Å². The number of nitrogens with one attached hydrogen (secondary N) is 2. The highest BCUT2D eigenvalue weighted by Crippen LogP contribution is 2.23. The average Bonchev–Trinajstić information content (AvgIpc) is 3.07. The highest BCUT2D eigenvalue weighted by molar-refractivity contribution is 5.94. The summed E-state index contributed by atoms with van der Waals surface area (Å²) in [6.45, 7) is -0.0124. The highest BCUT2D eigenvalue weighted by Gasteiger charge is 2.18. The van der Waals surface area contributed by atoms with Crippen LogP contribution < -0.4 is 11.1 Å². The summed E-state index contributed by atoms with van der Waals surface area (Å²) < 4.78 is 40.0. The van der Waals surface area contributed by atoms with Crippen molar-refractivity contribution in [3.05, 3.63) is 65.2 Å². The minimum atomic E-state index is -1.60. The summed E-state index contributed by atoms with van der Waals surface area (Å²) in [7, 11) is 0. The zero-order valence-corrected chi connectivity index (χ0v) is 12.7. The topological polar surface area (TPSA) is 96.7 Å². The Labute approximate surface area is 139 Å². The largest absolute Gasteiger partial charge is 0.399 e. The van der Waals surface area contributed by atoms with Crippen LogP contribution in [0.3, 0.4) is 0 Å². The summed E-state index contributed by atoms with van der Waals surface area (Å²) in [5, 5.41) is 8.84. The molecule has 25 heavy (non-hydrogen) atoms. The fourth-order valence-electron chi connectivity index (χ4n) is 2.09. The molecule has 1 aromatic heterocycles. The third-order valence-electron chi connectivity index (χ3n) is 3.40. The molecule has 0 atom stereocenters. The number of carbonyl (C=O) groups is 1. The maximum absolute atomic E-state index is 13.7. The van der Waals surface area contributed by atoms with Crippen molar-refractivity contribution in [3.8, 4) is 11.4 Å². The third kappa shape index (κ3) is 3.44. The predicted octanol–water partition coefficient (Wildman–Crippen LogP) is 2.40. The van der Waals surface area contributed by atoms with Gasteiger partial charge in [-0.3, -0.25) is 9.89 Å². The summed E-state index contributed by atoms with van der Waals surface area (Å²) in [5.74, 6) is -4.56. The first-order chi connectivity index (χ1) is 12.0. The Hall–Kier alpha value is -3.36. The van der Waals surface area contributed by atoms with Gasteiger partial charge in [-0.1, -0.05) is 0 Å². The molecular formula is C16H12F3N5O. The molecule has 0 spiro atoms. The van der Waals surface area contributed by atoms with E-state index in [0.29, 0.717) is 11.3 Å². The van der Waals surface area contributed by atoms with Crippen molar-refractivity contribution in [2.75, 3.05) is 5.73 Å². The number of rotatable bonds is 4. The van der Waals surface area contributed by atoms with E-state index in [0.717, 1.165) is 12.1 Å². The summed E-state index contributed by atoms with van der Waals surface area (Å²) in [5.41, 5.74) is 6.20. The fourth-order valence-corrected chi connectivity index (χ4v) is 2.09. The zero-order chi connectivity index (χ0) is 18.0. The number of aromatic nitrogens is 3. The van der Waals surface area contributed by atoms with E-state index in [1.54, 1.807) is 24.3 Å². The molecule has 1 heterocycles. The third-order valence-corrected chi connectivity index (χ3v) is 3.40. The monoisotopic (exact) mass is 347 g/mol. The van der Waals surface area contributed by atoms with Crippen LogP contribution in [0.1, 0.15) is 16.2 Å². The van der Waals surface area contributed by atoms with Gasteiger partial charge in [0.05, 0.1) is 12.1 Å². The highest BCUT2D eigenvalue weighted by atomic mass is 19.2. The molecule has 0 aliphatic heterocycles. The summed E-state index contributed by atoms with van der Waals surface area (Å²) >= 11 is 0. The number of anilines is 1. The molecule has 128 valence electrons. The second-order valence-electron chi connectivity index (χ2n) is 5.13. The van der Waals surface area contributed by atoms with Gasteiger partial charge in [0.25, 0.3) is 5.91 Å². The maximum atomic E-state index is 13.7. The number of nitrogens with two attached hydrogens (primary N) is 1. The van der Waals surface area contributed by atoms with E-state index in [2.05, 4.69) is 20.5 Å². The standard InChI is InChI=1S/C16H12F3N5O/c17-11-6-5-10(13(18)14(11)19)15-22-12(23-24-15)7-21-16(25)8-1-3-9(20)4-2-8/h1-6H,7,20H2,(H,21,25)(H,22,23,24). The Morgan fingerprint density at radius 2 is 1.80 bits per heavy atom. The van der Waals surface area contributed by atoms with Gasteiger partial charge in [0.15, 0.2) is 23.3 Å². The molecule has 0 bridgehead atoms. The molecule has 9 heteroatoms. The van der Waals surface area contributed by atoms with E-state index in [-0.39, 0.29) is 29.7 Å². The number of benzene rings is 2. The fraction of sp³-hybridized carbons (Fsp3) is 0.0625. The van der Waals surface area contributed by atoms with Crippen LogP contribution in [0.15, 0.2) is 36.4 Å². The quantitative estimate of drug-likeness (QED) is 0.499. The van der Waals surface area contributed by atoms with Gasteiger partial charge in [0.2, 0.25) is 0 Å². The number of nitrogens with zero attached hydrogens (tertiary/aromatic N) is 2. The van der Waals surface area contributed by atoms with Crippen molar-refractivity contribution in [2.45, 2.75) is 6.54 Å². The molecule has 0 aliphatic carbocycles. The lowest BCUT2D eigenvalue weighted by Gasteiger charge is -2.03. The van der Waals surface area contributed by atoms with Crippen LogP contribution in [0.4, 0.5) is 18.9 Å². The molecule has 0 radical (unpaired) electrons. The van der Waals surface area contributed by atoms with Gasteiger partial charge in [-0.15, -0.1) is 0 Å². The number of carbonyl (C=O) groups excluding carboxylic acids is 1. The molecule has 0 fully saturated rings. The zero-order valence-electron chi connectivity index (χ0n) is 12.7. The minimum Gasteiger partial charge on any atom is -0.399 e. The van der Waals surface area contributed by atoms with E-state index in [4.69, 9.17) is 5.73 Å². The van der Waals surface area contributed by atoms with Crippen LogP contribution >= 0.6 is 0 Å². The van der Waals surface area contributed by atoms with Crippen LogP contribution in [0.5, 0.6) is 0 Å². The molecule has 0 unspecified atom stereocenters. The van der Waals surface area contributed by atoms with Crippen molar-refractivity contribution >= 4 is 11.6 Å². The summed E-state index contributed by atoms with van der Waals surface area (Å²) in [6.07, 6.45) is 0. The van der Waals surface area contributed by atoms with E-state index in [1.807, 2.05) is 0 Å². The van der Waals surface area contributed by atoms with E-state index in [1.165, 1.54) is 0 Å². The Morgan fingerprint density at radius 1 is 1.08 bits per heavy atom. The second kappa shape index (κ2) is 6.63. The maximum Gasteiger partial charge on any atom is 0.251 e. The van der Waals surface area contributed by atoms with Gasteiger partial charge in [0, 0.05) is 11.3 Å². The van der Waals surface area contributed by atoms with Gasteiger partial charge in [-0.25, -0.2) is 18.2 Å². The molecule has 3 aromatic rings. The number of amides is 1. The Balaban J connectivity index is 1.71. The molecule has 1 amide bonds. The van der Waals surface area contributed by atoms with Crippen LogP contribution in [0.25, 0.3) is 11.4 Å². The number of hydrogen-bond acceptors (Lipinski definition) is 4. The Bertz CT molecular complexity index is 924. The van der Waals surface area contributed by atoms with Gasteiger partial charge >= 0.3 is 0 Å². The smallest absolute Gasteiger partial charge is 0.251 e. The van der Waals surface area contributed by atoms with E-state index < -0.39 is 17.5 Å². The number of halogens is 3. The van der Waals surface area contributed by atoms with Crippen molar-refractivity contribution < 1.29 is 18.0 Å². The first-order valence-corrected chi connectivity index (χ1v) is 7.14. The van der Waals surface area contributed by atoms with Crippen molar-refractivity contribution in [2.24, 2.45) is 0 Å². The van der Waals surface area contributed by atoms with Crippen molar-refractivity contribution in [1.29, 1.82) is 0 Å². The van der Waals surface area contributed by atoms with E-state index in [9.17, 15) is 18.0 Å². The molecule has 6 nitrogen and oxygen atoms in total. The van der Waals surface area contributed by atoms with Gasteiger partial charge < -0.3 is 11.1 Å². The molecule has 0 aliphatic rings. The van der Waals surface area contributed by atoms with Crippen LogP contribution in [-0.2, 0) is 6.54 Å². The molecular weight excluding hydrogens is 335 g/mol. The molecule has 3 rings (SSSR count). The van der Waals surface area contributed by atoms with Gasteiger partial charge in [-0.05, 0) is 36.4 Å². The van der Waals surface area contributed by atoms with Crippen LogP contribution in [0, 0.1) is 17.5 Å². The first-order valence-electron chi connectivity index (χ1n) is 7.14. The number of aromatic amines is 1. The van der Waals surface area contributed by atoms with Crippen molar-refractivity contribution in [1.82, 2.24) is 20.5 Å². The molecule has 2 aromatic carbocycles. The van der Waals surface area contributed by atoms with Crippen molar-refractivity contribution in [3.63, 3.8) is 0 Å². The lowest BCUT2D eigenvalue weighted by Crippen LogP contribution is -2.23. The lowest BCUT2D eigenvalue weighted by molar-refractivity contribution is 0.0950. The summed E-state index contributed by atoms with van der Waals surface area (Å²) in [6, 6.07) is 8.13. The SMILES string of the molecule is Nc1ccc(C(=O)NCc2nc(-c3ccc(F)c(F)c3F)n[nH]2)cc1. The Kier molecular flexibility index (Phi) is 4.38. The predicted molar refractivity (Wildman–Crippen MR) is 83.7 cm³/mol. The first kappa shape index (κ1) is 16.5. The molecule has 4 N–H and O–H groups in total. The number of H-pyrrole nitrogens is 1. The number of hydrogen-bond donors (Lipinski definition) is 3.